The van der Waals surface area contributed by atoms with Crippen molar-refractivity contribution in [2.75, 3.05) is 18.1 Å². The molecule has 35 heavy (non-hydrogen) atoms. The largest absolute Gasteiger partial charge is 0.363 e. The number of halogens is 3. The second-order valence-corrected chi connectivity index (χ2v) is 12.2. The molecule has 0 unspecified atom stereocenters. The van der Waals surface area contributed by atoms with Crippen molar-refractivity contribution in [1.82, 2.24) is 29.6 Å². The molecule has 2 aliphatic rings. The van der Waals surface area contributed by atoms with Crippen LogP contribution < -0.4 is 14.9 Å². The Morgan fingerprint density at radius 3 is 2.69 bits per heavy atom. The van der Waals surface area contributed by atoms with Gasteiger partial charge in [0.15, 0.2) is 15.7 Å². The summed E-state index contributed by atoms with van der Waals surface area (Å²) >= 11 is 0.722. The number of aromatic nitrogens is 4. The Balaban J connectivity index is 1.68. The minimum Gasteiger partial charge on any atom is -0.363 e. The van der Waals surface area contributed by atoms with Crippen LogP contribution in [0.2, 0.25) is 0 Å². The molecule has 14 heteroatoms. The van der Waals surface area contributed by atoms with Crippen LogP contribution in [0.1, 0.15) is 45.0 Å². The molecule has 3 aromatic heterocycles. The lowest BCUT2D eigenvalue weighted by Gasteiger charge is -2.43. The fourth-order valence-corrected chi connectivity index (χ4v) is 6.50. The molecule has 0 amide bonds. The van der Waals surface area contributed by atoms with Crippen LogP contribution in [-0.2, 0) is 10.0 Å². The van der Waals surface area contributed by atoms with E-state index in [0.29, 0.717) is 23.6 Å². The third kappa shape index (κ3) is 4.52. The number of fused-ring (bicyclic) bond motifs is 1. The molecular weight excluding hydrogens is 503 g/mol. The van der Waals surface area contributed by atoms with Crippen LogP contribution in [0.25, 0.3) is 16.3 Å². The highest BCUT2D eigenvalue weighted by Gasteiger charge is 2.42. The van der Waals surface area contributed by atoms with Gasteiger partial charge >= 0.3 is 0 Å². The molecule has 3 atom stereocenters. The molecule has 1 aliphatic carbocycles. The number of hydrogen-bond donors (Lipinski definition) is 2. The van der Waals surface area contributed by atoms with Gasteiger partial charge in [-0.2, -0.15) is 0 Å². The molecule has 5 rings (SSSR count). The topological polar surface area (TPSA) is 105 Å². The number of nitrogens with one attached hydrogen (secondary N) is 2. The highest BCUT2D eigenvalue weighted by Crippen LogP contribution is 2.38. The van der Waals surface area contributed by atoms with Crippen LogP contribution in [0.4, 0.5) is 18.9 Å². The first-order valence-corrected chi connectivity index (χ1v) is 13.6. The number of imidazole rings is 1. The van der Waals surface area contributed by atoms with Crippen molar-refractivity contribution in [3.8, 4) is 10.7 Å². The van der Waals surface area contributed by atoms with Gasteiger partial charge in [-0.05, 0) is 39.7 Å². The van der Waals surface area contributed by atoms with Gasteiger partial charge in [0.05, 0.1) is 17.9 Å². The maximum absolute atomic E-state index is 13.6. The van der Waals surface area contributed by atoms with E-state index < -0.39 is 39.7 Å². The molecule has 4 heterocycles. The summed E-state index contributed by atoms with van der Waals surface area (Å²) in [5.41, 5.74) is 0.785. The van der Waals surface area contributed by atoms with Crippen molar-refractivity contribution in [2.45, 2.75) is 68.6 Å². The van der Waals surface area contributed by atoms with E-state index in [9.17, 15) is 21.6 Å². The molecule has 2 fully saturated rings. The normalized spacial score (nSPS) is 24.4. The second-order valence-electron chi connectivity index (χ2n) is 9.51. The number of pyridine rings is 1. The fraction of sp³-hybridized carbons (Fsp3) is 0.571. The summed E-state index contributed by atoms with van der Waals surface area (Å²) in [6, 6.07) is 0.950. The average Bonchev–Trinajstić information content (AvgIpc) is 3.19. The summed E-state index contributed by atoms with van der Waals surface area (Å²) in [6.45, 7) is 5.48. The Bertz CT molecular complexity index is 1360. The van der Waals surface area contributed by atoms with Gasteiger partial charge in [-0.15, -0.1) is 10.2 Å². The van der Waals surface area contributed by atoms with Crippen molar-refractivity contribution in [2.24, 2.45) is 0 Å². The van der Waals surface area contributed by atoms with Gasteiger partial charge in [0.1, 0.15) is 17.3 Å². The van der Waals surface area contributed by atoms with Crippen molar-refractivity contribution in [3.05, 3.63) is 23.5 Å². The van der Waals surface area contributed by atoms with Gasteiger partial charge in [0, 0.05) is 30.4 Å². The molecule has 0 aromatic carbocycles. The fourth-order valence-electron chi connectivity index (χ4n) is 4.31. The highest BCUT2D eigenvalue weighted by atomic mass is 32.2. The van der Waals surface area contributed by atoms with Crippen LogP contribution in [0.5, 0.6) is 0 Å². The highest BCUT2D eigenvalue weighted by molar-refractivity contribution is 7.89. The third-order valence-corrected chi connectivity index (χ3v) is 9.28. The van der Waals surface area contributed by atoms with Crippen LogP contribution in [0.15, 0.2) is 23.4 Å². The monoisotopic (exact) mass is 529 g/mol. The standard InChI is InChI=1S/C21H26F3N7O2S2/c1-11-12(2)30(9-13(7-22)26-11)15-6-14(35(32,33)29-21(3)4-5-21)10-31-16(8-25-18(15)31)19-27-28-20(34-19)17(23)24/h6,8,10-13,17,26,29H,4-5,7,9H2,1-3H3/t11-,12-,13+/m1/s1. The van der Waals surface area contributed by atoms with E-state index in [-0.39, 0.29) is 22.0 Å². The predicted octanol–water partition coefficient (Wildman–Crippen LogP) is 3.15. The predicted molar refractivity (Wildman–Crippen MR) is 126 cm³/mol. The number of hydrogen-bond acceptors (Lipinski definition) is 8. The van der Waals surface area contributed by atoms with E-state index in [2.05, 4.69) is 25.2 Å². The number of nitrogens with zero attached hydrogens (tertiary/aromatic N) is 5. The Labute approximate surface area is 204 Å². The van der Waals surface area contributed by atoms with E-state index in [1.807, 2.05) is 25.7 Å². The molecule has 3 aromatic rings. The van der Waals surface area contributed by atoms with Crippen LogP contribution in [0.3, 0.4) is 0 Å². The molecule has 9 nitrogen and oxygen atoms in total. The average molecular weight is 530 g/mol. The zero-order valence-corrected chi connectivity index (χ0v) is 21.0. The lowest BCUT2D eigenvalue weighted by Crippen LogP contribution is -2.61. The summed E-state index contributed by atoms with van der Waals surface area (Å²) in [7, 11) is -3.91. The zero-order chi connectivity index (χ0) is 25.1. The maximum atomic E-state index is 13.6. The third-order valence-electron chi connectivity index (χ3n) is 6.73. The van der Waals surface area contributed by atoms with Gasteiger partial charge in [-0.25, -0.2) is 31.3 Å². The first-order valence-electron chi connectivity index (χ1n) is 11.3. The SMILES string of the molecule is C[C@@H]1[C@@H](C)N[C@@H](CF)CN1c1cc(S(=O)(=O)NC2(C)CC2)cn2c(-c3nnc(C(F)F)s3)cnc12. The van der Waals surface area contributed by atoms with Gasteiger partial charge in [-0.1, -0.05) is 11.3 Å². The van der Waals surface area contributed by atoms with Crippen molar-refractivity contribution < 1.29 is 21.6 Å². The molecule has 2 N–H and O–H groups in total. The number of piperazine rings is 1. The number of sulfonamides is 1. The van der Waals surface area contributed by atoms with Crippen LogP contribution in [0, 0.1) is 0 Å². The minimum atomic E-state index is -3.91. The molecule has 0 radical (unpaired) electrons. The van der Waals surface area contributed by atoms with Gasteiger partial charge in [0.2, 0.25) is 10.0 Å². The summed E-state index contributed by atoms with van der Waals surface area (Å²) in [5, 5.41) is 10.4. The zero-order valence-electron chi connectivity index (χ0n) is 19.4. The van der Waals surface area contributed by atoms with Gasteiger partial charge < -0.3 is 10.2 Å². The van der Waals surface area contributed by atoms with E-state index >= 15 is 0 Å². The number of alkyl halides is 3. The lowest BCUT2D eigenvalue weighted by atomic mass is 10.0. The molecular formula is C21H26F3N7O2S2. The summed E-state index contributed by atoms with van der Waals surface area (Å²) in [4.78, 5) is 6.43. The van der Waals surface area contributed by atoms with Gasteiger partial charge in [-0.3, -0.25) is 4.40 Å². The van der Waals surface area contributed by atoms with Crippen molar-refractivity contribution >= 4 is 32.7 Å². The summed E-state index contributed by atoms with van der Waals surface area (Å²) < 4.78 is 70.9. The molecule has 0 bridgehead atoms. The molecule has 0 spiro atoms. The quantitative estimate of drug-likeness (QED) is 0.485. The van der Waals surface area contributed by atoms with E-state index in [4.69, 9.17) is 0 Å². The number of anilines is 1. The Morgan fingerprint density at radius 2 is 2.06 bits per heavy atom. The van der Waals surface area contributed by atoms with Crippen molar-refractivity contribution in [1.29, 1.82) is 0 Å². The van der Waals surface area contributed by atoms with E-state index in [0.717, 1.165) is 24.2 Å². The van der Waals surface area contributed by atoms with E-state index in [1.165, 1.54) is 12.4 Å². The molecule has 1 saturated carbocycles. The molecule has 1 saturated heterocycles. The molecule has 190 valence electrons. The minimum absolute atomic E-state index is 0.00107. The Morgan fingerprint density at radius 1 is 1.31 bits per heavy atom. The summed E-state index contributed by atoms with van der Waals surface area (Å²) in [5.74, 6) is 0. The Hall–Kier alpha value is -2.29. The Kier molecular flexibility index (Phi) is 6.05. The van der Waals surface area contributed by atoms with Crippen molar-refractivity contribution in [3.63, 3.8) is 0 Å². The number of rotatable bonds is 7. The summed E-state index contributed by atoms with van der Waals surface area (Å²) in [6.07, 6.45) is 1.59. The second kappa shape index (κ2) is 8.68. The van der Waals surface area contributed by atoms with Crippen LogP contribution in [-0.4, -0.2) is 64.9 Å². The first kappa shape index (κ1) is 24.4. The van der Waals surface area contributed by atoms with Gasteiger partial charge in [0.25, 0.3) is 6.43 Å². The smallest absolute Gasteiger partial charge is 0.291 e. The lowest BCUT2D eigenvalue weighted by molar-refractivity contribution is 0.150. The first-order chi connectivity index (χ1) is 16.5. The van der Waals surface area contributed by atoms with E-state index in [1.54, 1.807) is 10.5 Å². The maximum Gasteiger partial charge on any atom is 0.291 e. The molecule has 1 aliphatic heterocycles. The van der Waals surface area contributed by atoms with Crippen LogP contribution >= 0.6 is 11.3 Å².